The Hall–Kier alpha value is -2.36. The highest BCUT2D eigenvalue weighted by atomic mass is 16.5. The molecule has 90 valence electrons. The summed E-state index contributed by atoms with van der Waals surface area (Å²) in [5, 5.41) is 15.1. The van der Waals surface area contributed by atoms with Crippen LogP contribution in [0.4, 0.5) is 5.82 Å². The minimum atomic E-state index is -0.453. The monoisotopic (exact) mass is 236 g/mol. The number of aromatic nitrogens is 2. The predicted molar refractivity (Wildman–Crippen MR) is 57.8 cm³/mol. The maximum absolute atomic E-state index is 11.5. The fourth-order valence-electron chi connectivity index (χ4n) is 1.18. The van der Waals surface area contributed by atoms with Crippen molar-refractivity contribution in [3.05, 3.63) is 11.8 Å². The van der Waals surface area contributed by atoms with Crippen LogP contribution in [0, 0.1) is 11.3 Å². The van der Waals surface area contributed by atoms with E-state index in [4.69, 9.17) is 5.26 Å². The standard InChI is InChI=1S/C10H12N4O3/c1-14-10(7(5-11)6-12-14)13-8(15)3-4-9(16)17-2/h6H,3-4H2,1-2H3,(H,13,15). The van der Waals surface area contributed by atoms with Gasteiger partial charge in [-0.2, -0.15) is 10.4 Å². The Morgan fingerprint density at radius 1 is 1.59 bits per heavy atom. The Balaban J connectivity index is 2.59. The molecule has 1 N–H and O–H groups in total. The maximum atomic E-state index is 11.5. The molecule has 0 radical (unpaired) electrons. The summed E-state index contributed by atoms with van der Waals surface area (Å²) in [6, 6.07) is 1.91. The highest BCUT2D eigenvalue weighted by molar-refractivity contribution is 5.92. The summed E-state index contributed by atoms with van der Waals surface area (Å²) in [7, 11) is 2.87. The molecule has 7 heteroatoms. The first-order chi connectivity index (χ1) is 8.08. The molecule has 0 aliphatic rings. The van der Waals surface area contributed by atoms with Gasteiger partial charge in [0.1, 0.15) is 17.5 Å². The van der Waals surface area contributed by atoms with Crippen LogP contribution in [0.25, 0.3) is 0 Å². The number of methoxy groups -OCH3 is 1. The van der Waals surface area contributed by atoms with Gasteiger partial charge in [-0.25, -0.2) is 0 Å². The van der Waals surface area contributed by atoms with E-state index in [0.717, 1.165) is 0 Å². The molecule has 1 aromatic rings. The van der Waals surface area contributed by atoms with Crippen LogP contribution in [0.1, 0.15) is 18.4 Å². The molecule has 0 bridgehead atoms. The second kappa shape index (κ2) is 5.65. The Morgan fingerprint density at radius 3 is 2.88 bits per heavy atom. The number of hydrogen-bond donors (Lipinski definition) is 1. The van der Waals surface area contributed by atoms with Gasteiger partial charge in [0.05, 0.1) is 19.7 Å². The summed E-state index contributed by atoms with van der Waals surface area (Å²) in [5.74, 6) is -0.497. The molecule has 0 fully saturated rings. The van der Waals surface area contributed by atoms with Crippen molar-refractivity contribution in [1.29, 1.82) is 5.26 Å². The molecule has 0 saturated carbocycles. The molecule has 0 atom stereocenters. The third kappa shape index (κ3) is 3.31. The van der Waals surface area contributed by atoms with Crippen molar-refractivity contribution >= 4 is 17.7 Å². The molecule has 1 heterocycles. The number of hydrogen-bond acceptors (Lipinski definition) is 5. The van der Waals surface area contributed by atoms with E-state index in [1.54, 1.807) is 7.05 Å². The molecule has 0 aromatic carbocycles. The lowest BCUT2D eigenvalue weighted by Crippen LogP contribution is -2.16. The van der Waals surface area contributed by atoms with Gasteiger partial charge in [0, 0.05) is 13.5 Å². The summed E-state index contributed by atoms with van der Waals surface area (Å²) in [6.45, 7) is 0. The lowest BCUT2D eigenvalue weighted by atomic mass is 10.3. The van der Waals surface area contributed by atoms with Gasteiger partial charge >= 0.3 is 5.97 Å². The zero-order valence-electron chi connectivity index (χ0n) is 9.56. The molecule has 0 unspecified atom stereocenters. The summed E-state index contributed by atoms with van der Waals surface area (Å²) >= 11 is 0. The van der Waals surface area contributed by atoms with Gasteiger partial charge in [-0.3, -0.25) is 14.3 Å². The van der Waals surface area contributed by atoms with Gasteiger partial charge in [-0.1, -0.05) is 0 Å². The highest BCUT2D eigenvalue weighted by Gasteiger charge is 2.12. The topological polar surface area (TPSA) is 97.0 Å². The van der Waals surface area contributed by atoms with Crippen molar-refractivity contribution in [3.63, 3.8) is 0 Å². The average molecular weight is 236 g/mol. The van der Waals surface area contributed by atoms with Gasteiger partial charge in [-0.15, -0.1) is 0 Å². The van der Waals surface area contributed by atoms with Gasteiger partial charge in [0.2, 0.25) is 5.91 Å². The first-order valence-corrected chi connectivity index (χ1v) is 4.87. The largest absolute Gasteiger partial charge is 0.469 e. The van der Waals surface area contributed by atoms with Crippen molar-refractivity contribution < 1.29 is 14.3 Å². The van der Waals surface area contributed by atoms with Crippen LogP contribution < -0.4 is 5.32 Å². The number of rotatable bonds is 4. The molecule has 0 spiro atoms. The third-order valence-corrected chi connectivity index (χ3v) is 2.10. The molecule has 0 aliphatic carbocycles. The first kappa shape index (κ1) is 12.7. The van der Waals surface area contributed by atoms with Crippen molar-refractivity contribution in [3.8, 4) is 6.07 Å². The fourth-order valence-corrected chi connectivity index (χ4v) is 1.18. The summed E-state index contributed by atoms with van der Waals surface area (Å²) < 4.78 is 5.80. The number of esters is 1. The first-order valence-electron chi connectivity index (χ1n) is 4.87. The predicted octanol–water partition coefficient (Wildman–Crippen LogP) is 0.183. The van der Waals surface area contributed by atoms with E-state index in [0.29, 0.717) is 5.82 Å². The molecular formula is C10H12N4O3. The van der Waals surface area contributed by atoms with E-state index in [1.165, 1.54) is 18.0 Å². The van der Waals surface area contributed by atoms with Crippen LogP contribution in [0.2, 0.25) is 0 Å². The number of amides is 1. The number of carbonyl (C=O) groups excluding carboxylic acids is 2. The number of anilines is 1. The second-order valence-corrected chi connectivity index (χ2v) is 3.27. The summed E-state index contributed by atoms with van der Waals surface area (Å²) in [4.78, 5) is 22.3. The molecule has 0 aliphatic heterocycles. The number of nitrogens with zero attached hydrogens (tertiary/aromatic N) is 3. The maximum Gasteiger partial charge on any atom is 0.306 e. The van der Waals surface area contributed by atoms with Crippen LogP contribution in [-0.2, 0) is 21.4 Å². The number of carbonyl (C=O) groups is 2. The quantitative estimate of drug-likeness (QED) is 0.752. The second-order valence-electron chi connectivity index (χ2n) is 3.27. The van der Waals surface area contributed by atoms with Crippen LogP contribution in [-0.4, -0.2) is 28.8 Å². The van der Waals surface area contributed by atoms with Crippen LogP contribution in [0.5, 0.6) is 0 Å². The normalized spacial score (nSPS) is 9.47. The number of nitriles is 1. The Bertz CT molecular complexity index is 472. The van der Waals surface area contributed by atoms with Crippen molar-refractivity contribution in [2.45, 2.75) is 12.8 Å². The van der Waals surface area contributed by atoms with Crippen LogP contribution >= 0.6 is 0 Å². The van der Waals surface area contributed by atoms with Gasteiger partial charge in [0.25, 0.3) is 0 Å². The van der Waals surface area contributed by atoms with Gasteiger partial charge < -0.3 is 10.1 Å². The van der Waals surface area contributed by atoms with Gasteiger partial charge in [0.15, 0.2) is 0 Å². The fraction of sp³-hybridized carbons (Fsp3) is 0.400. The minimum Gasteiger partial charge on any atom is -0.469 e. The molecule has 0 saturated heterocycles. The van der Waals surface area contributed by atoms with Crippen molar-refractivity contribution in [1.82, 2.24) is 9.78 Å². The molecule has 1 amide bonds. The highest BCUT2D eigenvalue weighted by Crippen LogP contribution is 2.12. The lowest BCUT2D eigenvalue weighted by molar-refractivity contribution is -0.141. The smallest absolute Gasteiger partial charge is 0.306 e. The molecule has 1 aromatic heterocycles. The van der Waals surface area contributed by atoms with Crippen molar-refractivity contribution in [2.24, 2.45) is 7.05 Å². The Morgan fingerprint density at radius 2 is 2.29 bits per heavy atom. The number of nitrogens with one attached hydrogen (secondary N) is 1. The Kier molecular flexibility index (Phi) is 4.22. The summed E-state index contributed by atoms with van der Waals surface area (Å²) in [6.07, 6.45) is 1.36. The van der Waals surface area contributed by atoms with E-state index in [-0.39, 0.29) is 24.3 Å². The van der Waals surface area contributed by atoms with E-state index in [1.807, 2.05) is 6.07 Å². The van der Waals surface area contributed by atoms with E-state index < -0.39 is 5.97 Å². The molecule has 1 rings (SSSR count). The summed E-state index contributed by atoms with van der Waals surface area (Å²) in [5.41, 5.74) is 0.277. The Labute approximate surface area is 98.0 Å². The lowest BCUT2D eigenvalue weighted by Gasteiger charge is -2.05. The van der Waals surface area contributed by atoms with Gasteiger partial charge in [-0.05, 0) is 0 Å². The van der Waals surface area contributed by atoms with Crippen molar-refractivity contribution in [2.75, 3.05) is 12.4 Å². The van der Waals surface area contributed by atoms with Crippen LogP contribution in [0.15, 0.2) is 6.20 Å². The number of aryl methyl sites for hydroxylation is 1. The average Bonchev–Trinajstić information content (AvgIpc) is 2.67. The van der Waals surface area contributed by atoms with E-state index >= 15 is 0 Å². The number of ether oxygens (including phenoxy) is 1. The molecule has 7 nitrogen and oxygen atoms in total. The van der Waals surface area contributed by atoms with E-state index in [9.17, 15) is 9.59 Å². The SMILES string of the molecule is COC(=O)CCC(=O)Nc1c(C#N)cnn1C. The molecular weight excluding hydrogens is 224 g/mol. The zero-order chi connectivity index (χ0) is 12.8. The third-order valence-electron chi connectivity index (χ3n) is 2.10. The molecule has 17 heavy (non-hydrogen) atoms. The van der Waals surface area contributed by atoms with E-state index in [2.05, 4.69) is 15.2 Å². The van der Waals surface area contributed by atoms with Crippen LogP contribution in [0.3, 0.4) is 0 Å². The zero-order valence-corrected chi connectivity index (χ0v) is 9.56. The minimum absolute atomic E-state index is 0.00206.